The maximum Gasteiger partial charge on any atom is 0.126 e. The second kappa shape index (κ2) is 3.79. The van der Waals surface area contributed by atoms with E-state index in [-0.39, 0.29) is 5.41 Å². The van der Waals surface area contributed by atoms with E-state index in [0.29, 0.717) is 6.10 Å². The minimum Gasteiger partial charge on any atom is -0.378 e. The number of ether oxygens (including phenoxy) is 1. The molecule has 0 aromatic heterocycles. The Hall–Kier alpha value is -0.370. The minimum atomic E-state index is -0.00495. The lowest BCUT2D eigenvalue weighted by Crippen LogP contribution is -2.24. The van der Waals surface area contributed by atoms with Crippen molar-refractivity contribution in [3.63, 3.8) is 0 Å². The third-order valence-electron chi connectivity index (χ3n) is 3.51. The molecule has 2 nitrogen and oxygen atoms in total. The Labute approximate surface area is 79.7 Å². The number of aldehydes is 1. The zero-order valence-electron chi connectivity index (χ0n) is 8.13. The highest BCUT2D eigenvalue weighted by Crippen LogP contribution is 2.41. The molecule has 0 bridgehead atoms. The average Bonchev–Trinajstić information content (AvgIpc) is 2.77. The molecule has 1 aliphatic heterocycles. The summed E-state index contributed by atoms with van der Waals surface area (Å²) in [4.78, 5) is 11.1. The van der Waals surface area contributed by atoms with Crippen LogP contribution in [0.3, 0.4) is 0 Å². The van der Waals surface area contributed by atoms with Crippen LogP contribution in [0.2, 0.25) is 0 Å². The quantitative estimate of drug-likeness (QED) is 0.626. The van der Waals surface area contributed by atoms with Gasteiger partial charge >= 0.3 is 0 Å². The first-order valence-corrected chi connectivity index (χ1v) is 5.43. The molecule has 2 aliphatic rings. The van der Waals surface area contributed by atoms with Crippen LogP contribution in [0.5, 0.6) is 0 Å². The standard InChI is InChI=1S/C11H18O2/c12-9-11(5-1-2-6-11)8-10-4-3-7-13-10/h9-10H,1-8H2/t10-/m1/s1. The molecule has 74 valence electrons. The van der Waals surface area contributed by atoms with Crippen molar-refractivity contribution in [3.05, 3.63) is 0 Å². The summed E-state index contributed by atoms with van der Waals surface area (Å²) in [6.45, 7) is 0.902. The van der Waals surface area contributed by atoms with E-state index in [1.54, 1.807) is 0 Å². The van der Waals surface area contributed by atoms with Gasteiger partial charge in [0.15, 0.2) is 0 Å². The number of carbonyl (C=O) groups is 1. The third-order valence-corrected chi connectivity index (χ3v) is 3.51. The van der Waals surface area contributed by atoms with Crippen LogP contribution < -0.4 is 0 Å². The summed E-state index contributed by atoms with van der Waals surface area (Å²) in [6.07, 6.45) is 9.54. The van der Waals surface area contributed by atoms with Crippen LogP contribution >= 0.6 is 0 Å². The molecule has 0 spiro atoms. The van der Waals surface area contributed by atoms with E-state index in [9.17, 15) is 4.79 Å². The molecule has 2 heteroatoms. The Bertz CT molecular complexity index is 177. The molecule has 0 radical (unpaired) electrons. The van der Waals surface area contributed by atoms with E-state index in [4.69, 9.17) is 4.74 Å². The molecular formula is C11H18O2. The number of hydrogen-bond acceptors (Lipinski definition) is 2. The van der Waals surface area contributed by atoms with Crippen LogP contribution in [0.1, 0.15) is 44.9 Å². The maximum absolute atomic E-state index is 11.1. The van der Waals surface area contributed by atoms with Gasteiger partial charge in [0.1, 0.15) is 6.29 Å². The van der Waals surface area contributed by atoms with Gasteiger partial charge in [-0.1, -0.05) is 12.8 Å². The summed E-state index contributed by atoms with van der Waals surface area (Å²) >= 11 is 0. The van der Waals surface area contributed by atoms with Gasteiger partial charge in [0.25, 0.3) is 0 Å². The smallest absolute Gasteiger partial charge is 0.126 e. The molecule has 13 heavy (non-hydrogen) atoms. The molecule has 1 heterocycles. The third kappa shape index (κ3) is 1.93. The van der Waals surface area contributed by atoms with Crippen molar-refractivity contribution in [2.45, 2.75) is 51.0 Å². The van der Waals surface area contributed by atoms with Gasteiger partial charge in [-0.2, -0.15) is 0 Å². The van der Waals surface area contributed by atoms with Crippen molar-refractivity contribution in [2.24, 2.45) is 5.41 Å². The molecule has 0 aromatic rings. The summed E-state index contributed by atoms with van der Waals surface area (Å²) < 4.78 is 5.58. The van der Waals surface area contributed by atoms with Crippen molar-refractivity contribution in [3.8, 4) is 0 Å². The van der Waals surface area contributed by atoms with Gasteiger partial charge in [-0.05, 0) is 32.1 Å². The van der Waals surface area contributed by atoms with Crippen LogP contribution in [0.25, 0.3) is 0 Å². The van der Waals surface area contributed by atoms with Crippen LogP contribution in [0.15, 0.2) is 0 Å². The molecule has 2 rings (SSSR count). The maximum atomic E-state index is 11.1. The van der Waals surface area contributed by atoms with Crippen LogP contribution in [0, 0.1) is 5.41 Å². The lowest BCUT2D eigenvalue weighted by molar-refractivity contribution is -0.117. The highest BCUT2D eigenvalue weighted by molar-refractivity contribution is 5.59. The van der Waals surface area contributed by atoms with Crippen LogP contribution in [-0.4, -0.2) is 19.0 Å². The summed E-state index contributed by atoms with van der Waals surface area (Å²) in [5.74, 6) is 0. The molecule has 2 fully saturated rings. The Kier molecular flexibility index (Phi) is 2.68. The summed E-state index contributed by atoms with van der Waals surface area (Å²) in [5.41, 5.74) is -0.00495. The molecule has 0 amide bonds. The summed E-state index contributed by atoms with van der Waals surface area (Å²) in [7, 11) is 0. The first kappa shape index (κ1) is 9.20. The van der Waals surface area contributed by atoms with Gasteiger partial charge in [0.05, 0.1) is 6.10 Å². The zero-order chi connectivity index (χ0) is 9.15. The predicted molar refractivity (Wildman–Crippen MR) is 50.6 cm³/mol. The molecule has 1 saturated carbocycles. The normalized spacial score (nSPS) is 32.2. The van der Waals surface area contributed by atoms with Gasteiger partial charge in [-0.3, -0.25) is 0 Å². The van der Waals surface area contributed by atoms with Gasteiger partial charge in [0, 0.05) is 12.0 Å². The molecule has 1 saturated heterocycles. The van der Waals surface area contributed by atoms with E-state index < -0.39 is 0 Å². The molecular weight excluding hydrogens is 164 g/mol. The summed E-state index contributed by atoms with van der Waals surface area (Å²) in [6, 6.07) is 0. The number of hydrogen-bond donors (Lipinski definition) is 0. The first-order chi connectivity index (χ1) is 6.35. The average molecular weight is 182 g/mol. The van der Waals surface area contributed by atoms with Crippen molar-refractivity contribution >= 4 is 6.29 Å². The highest BCUT2D eigenvalue weighted by Gasteiger charge is 2.36. The van der Waals surface area contributed by atoms with Crippen LogP contribution in [0.4, 0.5) is 0 Å². The fourth-order valence-electron chi connectivity index (χ4n) is 2.71. The number of carbonyl (C=O) groups excluding carboxylic acids is 1. The first-order valence-electron chi connectivity index (χ1n) is 5.43. The Morgan fingerprint density at radius 2 is 2.08 bits per heavy atom. The molecule has 1 aliphatic carbocycles. The fourth-order valence-corrected chi connectivity index (χ4v) is 2.71. The lowest BCUT2D eigenvalue weighted by atomic mass is 9.82. The van der Waals surface area contributed by atoms with Crippen molar-refractivity contribution < 1.29 is 9.53 Å². The van der Waals surface area contributed by atoms with E-state index in [2.05, 4.69) is 0 Å². The van der Waals surface area contributed by atoms with Gasteiger partial charge < -0.3 is 9.53 Å². The van der Waals surface area contributed by atoms with E-state index in [1.807, 2.05) is 0 Å². The topological polar surface area (TPSA) is 26.3 Å². The zero-order valence-corrected chi connectivity index (χ0v) is 8.13. The van der Waals surface area contributed by atoms with Gasteiger partial charge in [-0.15, -0.1) is 0 Å². The Balaban J connectivity index is 1.92. The van der Waals surface area contributed by atoms with Crippen molar-refractivity contribution in [2.75, 3.05) is 6.61 Å². The van der Waals surface area contributed by atoms with E-state index in [0.717, 1.165) is 32.3 Å². The monoisotopic (exact) mass is 182 g/mol. The molecule has 0 N–H and O–H groups in total. The SMILES string of the molecule is O=CC1(C[C@H]2CCCO2)CCCC1. The van der Waals surface area contributed by atoms with Crippen molar-refractivity contribution in [1.29, 1.82) is 0 Å². The largest absolute Gasteiger partial charge is 0.378 e. The minimum absolute atomic E-state index is 0.00495. The van der Waals surface area contributed by atoms with E-state index in [1.165, 1.54) is 25.5 Å². The molecule has 1 atom stereocenters. The predicted octanol–water partition coefficient (Wildman–Crippen LogP) is 2.31. The van der Waals surface area contributed by atoms with Crippen LogP contribution in [-0.2, 0) is 9.53 Å². The number of rotatable bonds is 3. The Morgan fingerprint density at radius 3 is 2.62 bits per heavy atom. The second-order valence-corrected chi connectivity index (χ2v) is 4.53. The van der Waals surface area contributed by atoms with E-state index >= 15 is 0 Å². The summed E-state index contributed by atoms with van der Waals surface area (Å²) in [5, 5.41) is 0. The molecule has 0 aromatic carbocycles. The fraction of sp³-hybridized carbons (Fsp3) is 0.909. The molecule has 0 unspecified atom stereocenters. The lowest BCUT2D eigenvalue weighted by Gasteiger charge is -2.24. The van der Waals surface area contributed by atoms with Crippen molar-refractivity contribution in [1.82, 2.24) is 0 Å². The second-order valence-electron chi connectivity index (χ2n) is 4.53. The van der Waals surface area contributed by atoms with Gasteiger partial charge in [-0.25, -0.2) is 0 Å². The highest BCUT2D eigenvalue weighted by atomic mass is 16.5. The Morgan fingerprint density at radius 1 is 1.31 bits per heavy atom. The van der Waals surface area contributed by atoms with Gasteiger partial charge in [0.2, 0.25) is 0 Å².